The van der Waals surface area contributed by atoms with Gasteiger partial charge in [-0.3, -0.25) is 4.79 Å². The minimum absolute atomic E-state index is 0.00601. The van der Waals surface area contributed by atoms with E-state index in [4.69, 9.17) is 4.74 Å². The summed E-state index contributed by atoms with van der Waals surface area (Å²) in [6, 6.07) is 0. The quantitative estimate of drug-likeness (QED) is 0.437. The Morgan fingerprint density at radius 3 is 2.25 bits per heavy atom. The second-order valence-electron chi connectivity index (χ2n) is 6.20. The molecule has 0 aromatic heterocycles. The van der Waals surface area contributed by atoms with Gasteiger partial charge >= 0.3 is 5.97 Å². The molecule has 0 fully saturated rings. The van der Waals surface area contributed by atoms with Gasteiger partial charge in [0.2, 0.25) is 0 Å². The summed E-state index contributed by atoms with van der Waals surface area (Å²) in [6.45, 7) is 2.76. The first-order chi connectivity index (χ1) is 9.79. The molecule has 0 radical (unpaired) electrons. The van der Waals surface area contributed by atoms with Crippen LogP contribution in [0, 0.1) is 5.92 Å². The largest absolute Gasteiger partial charge is 0.465 e. The smallest absolute Gasteiger partial charge is 0.305 e. The summed E-state index contributed by atoms with van der Waals surface area (Å²) in [5, 5.41) is 0. The molecule has 1 aliphatic heterocycles. The molecule has 1 atom stereocenters. The third-order valence-corrected chi connectivity index (χ3v) is 4.02. The lowest BCUT2D eigenvalue weighted by molar-refractivity contribution is -0.145. The number of ether oxygens (including phenoxy) is 1. The highest BCUT2D eigenvalue weighted by atomic mass is 16.5. The van der Waals surface area contributed by atoms with Crippen molar-refractivity contribution in [1.29, 1.82) is 0 Å². The molecule has 0 spiro atoms. The van der Waals surface area contributed by atoms with E-state index in [1.807, 2.05) is 0 Å². The number of cyclic esters (lactones) is 1. The van der Waals surface area contributed by atoms with Gasteiger partial charge in [-0.05, 0) is 38.0 Å². The topological polar surface area (TPSA) is 26.3 Å². The van der Waals surface area contributed by atoms with E-state index in [0.29, 0.717) is 18.9 Å². The number of allylic oxidation sites excluding steroid dienone is 2. The summed E-state index contributed by atoms with van der Waals surface area (Å²) in [5.41, 5.74) is 0. The van der Waals surface area contributed by atoms with Crippen molar-refractivity contribution < 1.29 is 9.53 Å². The summed E-state index contributed by atoms with van der Waals surface area (Å²) in [6.07, 6.45) is 18.9. The standard InChI is InChI=1S/C18H32O2/c1-17-14-12-10-8-6-4-2-3-5-7-9-11-13-15-18(19)20-16-17/h8,10,17H,2-7,9,11-16H2,1H3/b10-8-. The van der Waals surface area contributed by atoms with E-state index in [0.717, 1.165) is 19.3 Å². The summed E-state index contributed by atoms with van der Waals surface area (Å²) in [7, 11) is 0. The first-order valence-electron chi connectivity index (χ1n) is 8.59. The van der Waals surface area contributed by atoms with Crippen molar-refractivity contribution in [2.45, 2.75) is 84.0 Å². The number of hydrogen-bond donors (Lipinski definition) is 0. The Bertz CT molecular complexity index is 271. The number of carbonyl (C=O) groups excluding carboxylic acids is 1. The Kier molecular flexibility index (Phi) is 10.3. The van der Waals surface area contributed by atoms with Gasteiger partial charge in [-0.15, -0.1) is 0 Å². The fraction of sp³-hybridized carbons (Fsp3) is 0.833. The van der Waals surface area contributed by atoms with Crippen LogP contribution in [-0.4, -0.2) is 12.6 Å². The van der Waals surface area contributed by atoms with Gasteiger partial charge in [-0.25, -0.2) is 0 Å². The Balaban J connectivity index is 2.26. The van der Waals surface area contributed by atoms with Gasteiger partial charge in [0.1, 0.15) is 0 Å². The third-order valence-electron chi connectivity index (χ3n) is 4.02. The van der Waals surface area contributed by atoms with Crippen molar-refractivity contribution in [3.63, 3.8) is 0 Å². The van der Waals surface area contributed by atoms with Gasteiger partial charge in [-0.2, -0.15) is 0 Å². The Labute approximate surface area is 125 Å². The number of esters is 1. The van der Waals surface area contributed by atoms with Gasteiger partial charge in [0.25, 0.3) is 0 Å². The lowest BCUT2D eigenvalue weighted by Crippen LogP contribution is -2.11. The van der Waals surface area contributed by atoms with Crippen LogP contribution in [0.5, 0.6) is 0 Å². The number of carbonyl (C=O) groups is 1. The lowest BCUT2D eigenvalue weighted by atomic mass is 10.0. The van der Waals surface area contributed by atoms with E-state index in [2.05, 4.69) is 19.1 Å². The summed E-state index contributed by atoms with van der Waals surface area (Å²) < 4.78 is 5.34. The van der Waals surface area contributed by atoms with Crippen molar-refractivity contribution in [2.24, 2.45) is 5.92 Å². The van der Waals surface area contributed by atoms with E-state index in [-0.39, 0.29) is 5.97 Å². The molecular formula is C18H32O2. The van der Waals surface area contributed by atoms with Crippen molar-refractivity contribution in [2.75, 3.05) is 6.61 Å². The number of rotatable bonds is 0. The summed E-state index contributed by atoms with van der Waals surface area (Å²) in [5.74, 6) is 0.469. The molecule has 1 rings (SSSR count). The van der Waals surface area contributed by atoms with Crippen LogP contribution in [0.2, 0.25) is 0 Å². The molecule has 1 heterocycles. The fourth-order valence-corrected chi connectivity index (χ4v) is 2.60. The highest BCUT2D eigenvalue weighted by Crippen LogP contribution is 2.13. The predicted octanol–water partition coefficient (Wildman–Crippen LogP) is 5.42. The van der Waals surface area contributed by atoms with Crippen LogP contribution in [0.3, 0.4) is 0 Å². The molecule has 0 saturated carbocycles. The fourth-order valence-electron chi connectivity index (χ4n) is 2.60. The van der Waals surface area contributed by atoms with Gasteiger partial charge in [-0.1, -0.05) is 57.6 Å². The normalized spacial score (nSPS) is 27.1. The molecule has 0 aromatic carbocycles. The molecule has 0 aliphatic carbocycles. The maximum atomic E-state index is 11.6. The van der Waals surface area contributed by atoms with Gasteiger partial charge < -0.3 is 4.74 Å². The maximum Gasteiger partial charge on any atom is 0.305 e. The molecule has 0 saturated heterocycles. The number of hydrogen-bond acceptors (Lipinski definition) is 2. The molecule has 2 nitrogen and oxygen atoms in total. The van der Waals surface area contributed by atoms with Crippen LogP contribution in [0.15, 0.2) is 12.2 Å². The van der Waals surface area contributed by atoms with Crippen LogP contribution in [-0.2, 0) is 9.53 Å². The van der Waals surface area contributed by atoms with Crippen LogP contribution in [0.4, 0.5) is 0 Å². The predicted molar refractivity (Wildman–Crippen MR) is 84.7 cm³/mol. The monoisotopic (exact) mass is 280 g/mol. The van der Waals surface area contributed by atoms with Crippen molar-refractivity contribution >= 4 is 5.97 Å². The Morgan fingerprint density at radius 2 is 1.50 bits per heavy atom. The first kappa shape index (κ1) is 17.3. The average molecular weight is 280 g/mol. The van der Waals surface area contributed by atoms with Gasteiger partial charge in [0.05, 0.1) is 6.61 Å². The molecule has 0 aromatic rings. The molecule has 0 bridgehead atoms. The zero-order valence-electron chi connectivity index (χ0n) is 13.2. The molecule has 0 amide bonds. The van der Waals surface area contributed by atoms with E-state index in [9.17, 15) is 4.79 Å². The van der Waals surface area contributed by atoms with E-state index in [1.165, 1.54) is 51.4 Å². The molecule has 2 heteroatoms. The van der Waals surface area contributed by atoms with E-state index < -0.39 is 0 Å². The van der Waals surface area contributed by atoms with Crippen LogP contribution < -0.4 is 0 Å². The SMILES string of the molecule is CC1CC/C=C\CCCCCCCCCCC(=O)OC1. The zero-order chi connectivity index (χ0) is 14.5. The van der Waals surface area contributed by atoms with Gasteiger partial charge in [0, 0.05) is 6.42 Å². The van der Waals surface area contributed by atoms with Crippen LogP contribution in [0.1, 0.15) is 84.0 Å². The third kappa shape index (κ3) is 10.1. The van der Waals surface area contributed by atoms with Crippen molar-refractivity contribution in [3.05, 3.63) is 12.2 Å². The second kappa shape index (κ2) is 12.0. The van der Waals surface area contributed by atoms with Gasteiger partial charge in [0.15, 0.2) is 0 Å². The average Bonchev–Trinajstić information content (AvgIpc) is 2.44. The van der Waals surface area contributed by atoms with E-state index in [1.54, 1.807) is 0 Å². The molecule has 1 aliphatic rings. The maximum absolute atomic E-state index is 11.6. The molecule has 0 N–H and O–H groups in total. The summed E-state index contributed by atoms with van der Waals surface area (Å²) in [4.78, 5) is 11.6. The lowest BCUT2D eigenvalue weighted by Gasteiger charge is -2.11. The minimum atomic E-state index is -0.00601. The summed E-state index contributed by atoms with van der Waals surface area (Å²) >= 11 is 0. The highest BCUT2D eigenvalue weighted by molar-refractivity contribution is 5.69. The van der Waals surface area contributed by atoms with Crippen LogP contribution in [0.25, 0.3) is 0 Å². The van der Waals surface area contributed by atoms with Crippen LogP contribution >= 0.6 is 0 Å². The molecule has 116 valence electrons. The molecule has 20 heavy (non-hydrogen) atoms. The Morgan fingerprint density at radius 1 is 0.900 bits per heavy atom. The minimum Gasteiger partial charge on any atom is -0.465 e. The van der Waals surface area contributed by atoms with Crippen molar-refractivity contribution in [1.82, 2.24) is 0 Å². The molecule has 1 unspecified atom stereocenters. The highest BCUT2D eigenvalue weighted by Gasteiger charge is 2.07. The molecular weight excluding hydrogens is 248 g/mol. The van der Waals surface area contributed by atoms with Crippen molar-refractivity contribution in [3.8, 4) is 0 Å². The zero-order valence-corrected chi connectivity index (χ0v) is 13.2. The second-order valence-corrected chi connectivity index (χ2v) is 6.20. The first-order valence-corrected chi connectivity index (χ1v) is 8.59. The Hall–Kier alpha value is -0.790. The van der Waals surface area contributed by atoms with E-state index >= 15 is 0 Å².